The van der Waals surface area contributed by atoms with Crippen LogP contribution in [-0.4, -0.2) is 21.6 Å². The van der Waals surface area contributed by atoms with Crippen LogP contribution in [0.4, 0.5) is 19.0 Å². The summed E-state index contributed by atoms with van der Waals surface area (Å²) in [6.45, 7) is 1.40. The molecule has 0 spiro atoms. The van der Waals surface area contributed by atoms with Gasteiger partial charge in [0.15, 0.2) is 11.9 Å². The molecule has 9 heteroatoms. The third-order valence-electron chi connectivity index (χ3n) is 3.12. The van der Waals surface area contributed by atoms with Crippen LogP contribution in [0.25, 0.3) is 0 Å². The van der Waals surface area contributed by atoms with E-state index in [-0.39, 0.29) is 11.6 Å². The van der Waals surface area contributed by atoms with Crippen LogP contribution in [0.5, 0.6) is 5.75 Å². The van der Waals surface area contributed by atoms with Gasteiger partial charge in [0.25, 0.3) is 11.5 Å². The molecule has 1 unspecified atom stereocenters. The molecular weight excluding hydrogens is 327 g/mol. The highest BCUT2D eigenvalue weighted by Gasteiger charge is 2.30. The highest BCUT2D eigenvalue weighted by molar-refractivity contribution is 5.93. The Bertz CT molecular complexity index is 785. The molecule has 1 heterocycles. The maximum absolute atomic E-state index is 12.5. The van der Waals surface area contributed by atoms with Crippen LogP contribution >= 0.6 is 0 Å². The number of anilines is 1. The summed E-state index contributed by atoms with van der Waals surface area (Å²) >= 11 is 0. The van der Waals surface area contributed by atoms with Gasteiger partial charge in [-0.15, -0.1) is 0 Å². The molecule has 0 aliphatic rings. The quantitative estimate of drug-likeness (QED) is 0.925. The van der Waals surface area contributed by atoms with Crippen LogP contribution in [0.2, 0.25) is 0 Å². The molecule has 1 aromatic heterocycles. The Kier molecular flexibility index (Phi) is 4.91. The van der Waals surface area contributed by atoms with E-state index in [1.54, 1.807) is 0 Å². The van der Waals surface area contributed by atoms with Gasteiger partial charge in [-0.2, -0.15) is 13.2 Å². The molecule has 0 fully saturated rings. The number of ether oxygens (including phenoxy) is 1. The first-order valence-corrected chi connectivity index (χ1v) is 6.85. The summed E-state index contributed by atoms with van der Waals surface area (Å²) in [5, 5.41) is 2.32. The number of halogens is 3. The van der Waals surface area contributed by atoms with E-state index in [0.29, 0.717) is 0 Å². The molecule has 6 nitrogen and oxygen atoms in total. The van der Waals surface area contributed by atoms with E-state index in [2.05, 4.69) is 10.3 Å². The van der Waals surface area contributed by atoms with Crippen LogP contribution < -0.4 is 15.6 Å². The topological polar surface area (TPSA) is 73.2 Å². The Morgan fingerprint density at radius 1 is 1.29 bits per heavy atom. The molecule has 0 aliphatic heterocycles. The Morgan fingerprint density at radius 3 is 2.50 bits per heavy atom. The number of alkyl halides is 3. The SMILES string of the molecule is CC(Oc1ccc(C(F)(F)F)cc1)C(=O)Nc1nccn(C)c1=O. The number of aryl methyl sites for hydroxylation is 1. The number of carbonyl (C=O) groups excluding carboxylic acids is 1. The van der Waals surface area contributed by atoms with Crippen molar-refractivity contribution >= 4 is 11.7 Å². The highest BCUT2D eigenvalue weighted by atomic mass is 19.4. The van der Waals surface area contributed by atoms with Gasteiger partial charge >= 0.3 is 6.18 Å². The van der Waals surface area contributed by atoms with Crippen molar-refractivity contribution < 1.29 is 22.7 Å². The number of rotatable bonds is 4. The minimum atomic E-state index is -4.44. The average molecular weight is 341 g/mol. The maximum atomic E-state index is 12.5. The number of aromatic nitrogens is 2. The Morgan fingerprint density at radius 2 is 1.92 bits per heavy atom. The van der Waals surface area contributed by atoms with Crippen LogP contribution in [0, 0.1) is 0 Å². The third kappa shape index (κ3) is 4.12. The molecule has 0 aliphatic carbocycles. The largest absolute Gasteiger partial charge is 0.481 e. The molecule has 1 amide bonds. The van der Waals surface area contributed by atoms with Crippen LogP contribution in [-0.2, 0) is 18.0 Å². The van der Waals surface area contributed by atoms with Gasteiger partial charge in [-0.05, 0) is 31.2 Å². The van der Waals surface area contributed by atoms with Gasteiger partial charge in [0.05, 0.1) is 5.56 Å². The molecule has 1 N–H and O–H groups in total. The summed E-state index contributed by atoms with van der Waals surface area (Å²) in [5.41, 5.74) is -1.31. The van der Waals surface area contributed by atoms with Crippen molar-refractivity contribution in [1.82, 2.24) is 9.55 Å². The Hall–Kier alpha value is -2.84. The van der Waals surface area contributed by atoms with Gasteiger partial charge in [-0.3, -0.25) is 9.59 Å². The molecule has 1 atom stereocenters. The van der Waals surface area contributed by atoms with Gasteiger partial charge in [-0.25, -0.2) is 4.98 Å². The van der Waals surface area contributed by atoms with E-state index in [4.69, 9.17) is 4.74 Å². The molecule has 0 saturated carbocycles. The zero-order valence-corrected chi connectivity index (χ0v) is 12.8. The Labute approximate surface area is 134 Å². The second kappa shape index (κ2) is 6.73. The predicted molar refractivity (Wildman–Crippen MR) is 79.6 cm³/mol. The van der Waals surface area contributed by atoms with Gasteiger partial charge in [0.2, 0.25) is 0 Å². The highest BCUT2D eigenvalue weighted by Crippen LogP contribution is 2.30. The van der Waals surface area contributed by atoms with E-state index in [0.717, 1.165) is 24.3 Å². The fourth-order valence-corrected chi connectivity index (χ4v) is 1.78. The van der Waals surface area contributed by atoms with Gasteiger partial charge in [-0.1, -0.05) is 0 Å². The monoisotopic (exact) mass is 341 g/mol. The smallest absolute Gasteiger partial charge is 0.416 e. The lowest BCUT2D eigenvalue weighted by molar-refractivity contribution is -0.137. The van der Waals surface area contributed by atoms with E-state index >= 15 is 0 Å². The van der Waals surface area contributed by atoms with E-state index in [9.17, 15) is 22.8 Å². The number of hydrogen-bond donors (Lipinski definition) is 1. The van der Waals surface area contributed by atoms with Crippen molar-refractivity contribution in [3.63, 3.8) is 0 Å². The lowest BCUT2D eigenvalue weighted by Gasteiger charge is -2.15. The van der Waals surface area contributed by atoms with E-state index in [1.165, 1.54) is 30.9 Å². The lowest BCUT2D eigenvalue weighted by Crippen LogP contribution is -2.33. The number of benzene rings is 1. The van der Waals surface area contributed by atoms with Crippen molar-refractivity contribution in [3.05, 3.63) is 52.6 Å². The van der Waals surface area contributed by atoms with Gasteiger partial charge < -0.3 is 14.6 Å². The first-order chi connectivity index (χ1) is 11.2. The van der Waals surface area contributed by atoms with E-state index < -0.39 is 29.3 Å². The first kappa shape index (κ1) is 17.5. The van der Waals surface area contributed by atoms with Crippen LogP contribution in [0.15, 0.2) is 41.5 Å². The minimum Gasteiger partial charge on any atom is -0.481 e. The lowest BCUT2D eigenvalue weighted by atomic mass is 10.2. The average Bonchev–Trinajstić information content (AvgIpc) is 2.51. The zero-order chi connectivity index (χ0) is 17.9. The fourth-order valence-electron chi connectivity index (χ4n) is 1.78. The molecule has 0 saturated heterocycles. The minimum absolute atomic E-state index is 0.0968. The number of amides is 1. The van der Waals surface area contributed by atoms with E-state index in [1.807, 2.05) is 0 Å². The molecule has 24 heavy (non-hydrogen) atoms. The maximum Gasteiger partial charge on any atom is 0.416 e. The summed E-state index contributed by atoms with van der Waals surface area (Å²) in [6.07, 6.45) is -2.70. The fraction of sp³-hybridized carbons (Fsp3) is 0.267. The number of hydrogen-bond acceptors (Lipinski definition) is 4. The summed E-state index contributed by atoms with van der Waals surface area (Å²) in [4.78, 5) is 27.5. The second-order valence-corrected chi connectivity index (χ2v) is 4.96. The number of nitrogens with zero attached hydrogens (tertiary/aromatic N) is 2. The molecule has 0 bridgehead atoms. The molecular formula is C15H14F3N3O3. The summed E-state index contributed by atoms with van der Waals surface area (Å²) in [6, 6.07) is 3.95. The third-order valence-corrected chi connectivity index (χ3v) is 3.12. The number of carbonyl (C=O) groups is 1. The van der Waals surface area contributed by atoms with Crippen LogP contribution in [0.1, 0.15) is 12.5 Å². The molecule has 128 valence electrons. The van der Waals surface area contributed by atoms with Crippen molar-refractivity contribution in [2.24, 2.45) is 7.05 Å². The second-order valence-electron chi connectivity index (χ2n) is 4.96. The Balaban J connectivity index is 2.04. The summed E-state index contributed by atoms with van der Waals surface area (Å²) < 4.78 is 43.9. The molecule has 0 radical (unpaired) electrons. The molecule has 2 rings (SSSR count). The molecule has 1 aromatic carbocycles. The number of nitrogens with one attached hydrogen (secondary N) is 1. The normalized spacial score (nSPS) is 12.5. The first-order valence-electron chi connectivity index (χ1n) is 6.85. The van der Waals surface area contributed by atoms with Crippen molar-refractivity contribution in [2.45, 2.75) is 19.2 Å². The van der Waals surface area contributed by atoms with Crippen molar-refractivity contribution in [2.75, 3.05) is 5.32 Å². The zero-order valence-electron chi connectivity index (χ0n) is 12.8. The summed E-state index contributed by atoms with van der Waals surface area (Å²) in [5.74, 6) is -0.710. The van der Waals surface area contributed by atoms with Gasteiger partial charge in [0.1, 0.15) is 5.75 Å². The van der Waals surface area contributed by atoms with Crippen molar-refractivity contribution in [1.29, 1.82) is 0 Å². The molecule has 2 aromatic rings. The van der Waals surface area contributed by atoms with Crippen LogP contribution in [0.3, 0.4) is 0 Å². The standard InChI is InChI=1S/C15H14F3N3O3/c1-9(13(22)20-12-14(23)21(2)8-7-19-12)24-11-5-3-10(4-6-11)15(16,17)18/h3-9H,1-2H3,(H,19,20,22). The van der Waals surface area contributed by atoms with Crippen molar-refractivity contribution in [3.8, 4) is 5.75 Å². The van der Waals surface area contributed by atoms with Gasteiger partial charge in [0, 0.05) is 19.4 Å². The predicted octanol–water partition coefficient (Wildman–Crippen LogP) is 2.21. The summed E-state index contributed by atoms with van der Waals surface area (Å²) in [7, 11) is 1.50.